The highest BCUT2D eigenvalue weighted by Gasteiger charge is 2.37. The second-order valence-electron chi connectivity index (χ2n) is 17.3. The Hall–Kier alpha value is -6.45. The Bertz CT molecular complexity index is 2620. The summed E-state index contributed by atoms with van der Waals surface area (Å²) in [6, 6.07) is -3.09. The van der Waals surface area contributed by atoms with Crippen LogP contribution in [0.15, 0.2) is 24.3 Å². The van der Waals surface area contributed by atoms with E-state index in [0.717, 1.165) is 21.6 Å². The van der Waals surface area contributed by atoms with Crippen LogP contribution in [0, 0.1) is 0 Å². The Morgan fingerprint density at radius 2 is 1.63 bits per heavy atom. The maximum Gasteiger partial charge on any atom is 0.374 e. The number of thiocarbonyl (C=S) groups is 2. The first kappa shape index (κ1) is 60.4. The van der Waals surface area contributed by atoms with Gasteiger partial charge in [0.15, 0.2) is 0 Å². The number of nitrogens with zero attached hydrogens (tertiary/aromatic N) is 3. The van der Waals surface area contributed by atoms with Gasteiger partial charge in [-0.2, -0.15) is 21.7 Å². The number of imidazole rings is 2. The summed E-state index contributed by atoms with van der Waals surface area (Å²) in [6.45, 7) is 0.906. The number of esters is 1. The van der Waals surface area contributed by atoms with E-state index in [1.54, 1.807) is 32.2 Å². The predicted molar refractivity (Wildman–Crippen MR) is 285 cm³/mol. The number of nitrogens with one attached hydrogen (secondary N) is 9. The van der Waals surface area contributed by atoms with Crippen LogP contribution in [0.3, 0.4) is 0 Å². The number of carbonyl (C=O) groups excluding carboxylic acids is 7. The molecule has 3 aromatic rings. The molecule has 15 N–H and O–H groups in total. The summed E-state index contributed by atoms with van der Waals surface area (Å²) in [7, 11) is 1.80. The highest BCUT2D eigenvalue weighted by molar-refractivity contribution is 8.76. The molecule has 7 atom stereocenters. The molecule has 2 aromatic heterocycles. The summed E-state index contributed by atoms with van der Waals surface area (Å²) in [6.07, 6.45) is 1.48. The fourth-order valence-corrected chi connectivity index (χ4v) is 10.7. The van der Waals surface area contributed by atoms with E-state index in [2.05, 4.69) is 57.2 Å². The standard InChI is InChI=1S/C44H58N12O15S5/c1-19(2)71-44(70)33-53-30(38(65)55-33)40(72)45-13-29(60)46-25(15-57)34(61)49-28-18-76-75-17-27(36(63)47-23(43(68)69)9-11-74-3)50-35(62)26(16-58)51-41(73)31-39(66)54-32(52-31)21-8-10-56(14-21)42(67)24(48-37(28)64)12-20-4-6-22(59)7-5-20/h4-7,19,21,23-28,57-59,65-66H,8-18H2,1-3H3,(H,45,72)(H,46,60)(H,47,63)(H,48,64)(H,49,61)(H,50,62)(H,51,73)(H,52,54)(H,53,55)(H,68,69). The molecule has 2 aliphatic rings. The van der Waals surface area contributed by atoms with Crippen molar-refractivity contribution in [2.24, 2.45) is 0 Å². The number of amides is 6. The molecule has 5 rings (SSSR count). The molecule has 4 heterocycles. The third kappa shape index (κ3) is 17.0. The van der Waals surface area contributed by atoms with Gasteiger partial charge in [-0.05, 0) is 56.4 Å². The Kier molecular flexibility index (Phi) is 22.7. The van der Waals surface area contributed by atoms with Crippen LogP contribution >= 0.6 is 57.8 Å². The number of hydrogen-bond acceptors (Lipinski definition) is 21. The number of rotatable bonds is 18. The number of H-pyrrole nitrogens is 2. The van der Waals surface area contributed by atoms with E-state index in [9.17, 15) is 69.0 Å². The van der Waals surface area contributed by atoms with Gasteiger partial charge in [-0.3, -0.25) is 28.8 Å². The van der Waals surface area contributed by atoms with Gasteiger partial charge in [0.25, 0.3) is 0 Å². The van der Waals surface area contributed by atoms with Crippen molar-refractivity contribution < 1.29 is 73.7 Å². The molecule has 7 unspecified atom stereocenters. The lowest BCUT2D eigenvalue weighted by molar-refractivity contribution is -0.142. The summed E-state index contributed by atoms with van der Waals surface area (Å²) < 4.78 is 5.05. The van der Waals surface area contributed by atoms with Crippen LogP contribution in [0.25, 0.3) is 0 Å². The lowest BCUT2D eigenvalue weighted by atomic mass is 10.0. The second-order valence-corrected chi connectivity index (χ2v) is 21.7. The number of benzene rings is 1. The Balaban J connectivity index is 1.42. The number of carbonyl (C=O) groups is 8. The van der Waals surface area contributed by atoms with Gasteiger partial charge in [0.2, 0.25) is 53.0 Å². The molecule has 1 saturated heterocycles. The maximum absolute atomic E-state index is 14.5. The molecule has 1 fully saturated rings. The topological polar surface area (TPSA) is 412 Å². The van der Waals surface area contributed by atoms with Crippen LogP contribution in [0.1, 0.15) is 66.0 Å². The molecule has 0 aliphatic carbocycles. The first-order valence-electron chi connectivity index (χ1n) is 23.3. The van der Waals surface area contributed by atoms with E-state index < -0.39 is 127 Å². The molecule has 0 radical (unpaired) electrons. The number of aliphatic hydroxyl groups is 2. The van der Waals surface area contributed by atoms with Crippen molar-refractivity contribution in [2.75, 3.05) is 56.4 Å². The lowest BCUT2D eigenvalue weighted by Gasteiger charge is -2.27. The minimum Gasteiger partial charge on any atom is -0.508 e. The number of aliphatic carboxylic acids is 1. The SMILES string of the molecule is CSCCC(NC(=O)C1CSSCC(NC(=O)C(CO)NC(=O)CNC(=S)c2[nH]c(C(=O)OC(C)C)nc2O)C(=O)NC(Cc2ccc(O)cc2)C(=O)N2CCC(C2)c2nc(O)c([nH]2)C(=S)NC(CO)C(=O)N1)C(=O)O. The molecular formula is C44H58N12O15S5. The number of carboxylic acids is 1. The molecule has 4 bridgehead atoms. The zero-order chi connectivity index (χ0) is 55.8. The van der Waals surface area contributed by atoms with E-state index in [1.165, 1.54) is 28.8 Å². The number of aliphatic hydroxyl groups excluding tert-OH is 2. The molecular weight excluding hydrogens is 1100 g/mol. The van der Waals surface area contributed by atoms with Crippen LogP contribution in [0.5, 0.6) is 17.5 Å². The number of hydrogen-bond donors (Lipinski definition) is 15. The predicted octanol–water partition coefficient (Wildman–Crippen LogP) is -2.39. The zero-order valence-corrected chi connectivity index (χ0v) is 45.0. The molecule has 76 heavy (non-hydrogen) atoms. The van der Waals surface area contributed by atoms with Crippen molar-refractivity contribution >= 4 is 115 Å². The van der Waals surface area contributed by atoms with Crippen LogP contribution in [-0.4, -0.2) is 212 Å². The smallest absolute Gasteiger partial charge is 0.374 e. The summed E-state index contributed by atoms with van der Waals surface area (Å²) in [5.74, 6) is -9.83. The number of aromatic hydroxyl groups is 3. The third-order valence-corrected chi connectivity index (χ3v) is 15.1. The first-order valence-corrected chi connectivity index (χ1v) is 28.0. The number of fused-ring (bicyclic) bond motifs is 5. The number of ether oxygens (including phenoxy) is 1. The highest BCUT2D eigenvalue weighted by Crippen LogP contribution is 2.30. The minimum atomic E-state index is -1.70. The van der Waals surface area contributed by atoms with Crippen molar-refractivity contribution in [1.82, 2.24) is 62.1 Å². The number of phenolic OH excluding ortho intramolecular Hbond substituents is 1. The molecule has 0 spiro atoms. The molecule has 27 nitrogen and oxygen atoms in total. The van der Waals surface area contributed by atoms with Crippen LogP contribution in [0.4, 0.5) is 0 Å². The quantitative estimate of drug-likeness (QED) is 0.0359. The van der Waals surface area contributed by atoms with E-state index >= 15 is 0 Å². The molecule has 0 saturated carbocycles. The van der Waals surface area contributed by atoms with Crippen LogP contribution in [0.2, 0.25) is 0 Å². The summed E-state index contributed by atoms with van der Waals surface area (Å²) in [5, 5.41) is 79.3. The van der Waals surface area contributed by atoms with E-state index in [-0.39, 0.29) is 76.2 Å². The molecule has 1 aromatic carbocycles. The van der Waals surface area contributed by atoms with Gasteiger partial charge >= 0.3 is 11.9 Å². The van der Waals surface area contributed by atoms with E-state index in [1.807, 2.05) is 0 Å². The lowest BCUT2D eigenvalue weighted by Crippen LogP contribution is -2.59. The third-order valence-electron chi connectivity index (χ3n) is 11.3. The first-order chi connectivity index (χ1) is 36.1. The minimum absolute atomic E-state index is 0.0225. The number of carboxylic acid groups (broad SMARTS) is 1. The van der Waals surface area contributed by atoms with Gasteiger partial charge in [-0.15, -0.1) is 0 Å². The van der Waals surface area contributed by atoms with E-state index in [4.69, 9.17) is 29.2 Å². The van der Waals surface area contributed by atoms with Gasteiger partial charge in [0.1, 0.15) is 69.2 Å². The normalized spacial score (nSPS) is 20.4. The van der Waals surface area contributed by atoms with Crippen molar-refractivity contribution in [2.45, 2.75) is 81.4 Å². The Morgan fingerprint density at radius 3 is 2.29 bits per heavy atom. The number of aromatic amines is 2. The van der Waals surface area contributed by atoms with Crippen LogP contribution in [-0.2, 0) is 44.7 Å². The fraction of sp³-hybridized carbons (Fsp3) is 0.500. The van der Waals surface area contributed by atoms with E-state index in [0.29, 0.717) is 17.7 Å². The highest BCUT2D eigenvalue weighted by atomic mass is 33.1. The van der Waals surface area contributed by atoms with Gasteiger partial charge in [0, 0.05) is 36.9 Å². The van der Waals surface area contributed by atoms with Crippen molar-refractivity contribution in [3.05, 3.63) is 52.9 Å². The Labute approximate surface area is 456 Å². The molecule has 414 valence electrons. The average molecular weight is 1160 g/mol. The van der Waals surface area contributed by atoms with Crippen LogP contribution < -0.4 is 37.2 Å². The van der Waals surface area contributed by atoms with Gasteiger partial charge in [-0.25, -0.2) is 9.59 Å². The van der Waals surface area contributed by atoms with Crippen molar-refractivity contribution in [3.8, 4) is 17.5 Å². The van der Waals surface area contributed by atoms with Gasteiger partial charge in [0.05, 0.1) is 25.9 Å². The number of thioether (sulfide) groups is 1. The number of phenols is 1. The van der Waals surface area contributed by atoms with Crippen molar-refractivity contribution in [3.63, 3.8) is 0 Å². The van der Waals surface area contributed by atoms with Crippen molar-refractivity contribution in [1.29, 1.82) is 0 Å². The Morgan fingerprint density at radius 1 is 0.921 bits per heavy atom. The van der Waals surface area contributed by atoms with Gasteiger partial charge in [-0.1, -0.05) is 58.2 Å². The zero-order valence-electron chi connectivity index (χ0n) is 40.9. The molecule has 2 aliphatic heterocycles. The maximum atomic E-state index is 14.5. The summed E-state index contributed by atoms with van der Waals surface area (Å²) >= 11 is 12.1. The fourth-order valence-electron chi connectivity index (χ4n) is 7.39. The average Bonchev–Trinajstić information content (AvgIpc) is 4.14. The largest absolute Gasteiger partial charge is 0.508 e. The van der Waals surface area contributed by atoms with Gasteiger partial charge < -0.3 is 87.5 Å². The molecule has 6 amide bonds. The monoisotopic (exact) mass is 1150 g/mol. The summed E-state index contributed by atoms with van der Waals surface area (Å²) in [4.78, 5) is 122. The summed E-state index contributed by atoms with van der Waals surface area (Å²) in [5.41, 5.74) is 0.172. The molecule has 32 heteroatoms. The number of aromatic nitrogens is 4. The second kappa shape index (κ2) is 28.6.